The van der Waals surface area contributed by atoms with Crippen molar-refractivity contribution in [1.29, 1.82) is 0 Å². The van der Waals surface area contributed by atoms with Crippen molar-refractivity contribution in [2.75, 3.05) is 46.3 Å². The molecule has 3 rings (SSSR count). The third-order valence-corrected chi connectivity index (χ3v) is 6.68. The Kier molecular flexibility index (Phi) is 10.9. The van der Waals surface area contributed by atoms with Gasteiger partial charge in [0.1, 0.15) is 0 Å². The molecule has 8 heteroatoms. The molecule has 6 nitrogen and oxygen atoms in total. The van der Waals surface area contributed by atoms with E-state index in [2.05, 4.69) is 49.3 Å². The third kappa shape index (κ3) is 8.15. The molecular weight excluding hydrogens is 495 g/mol. The van der Waals surface area contributed by atoms with E-state index in [1.165, 1.54) is 36.4 Å². The molecule has 2 N–H and O–H groups in total. The van der Waals surface area contributed by atoms with Gasteiger partial charge in [-0.05, 0) is 51.6 Å². The van der Waals surface area contributed by atoms with Gasteiger partial charge in [-0.3, -0.25) is 14.8 Å². The number of aliphatic imine (C=N–C) groups is 1. The van der Waals surface area contributed by atoms with Crippen LogP contribution in [0.5, 0.6) is 0 Å². The summed E-state index contributed by atoms with van der Waals surface area (Å²) in [6.07, 6.45) is 6.82. The van der Waals surface area contributed by atoms with Crippen LogP contribution in [0.15, 0.2) is 23.0 Å². The summed E-state index contributed by atoms with van der Waals surface area (Å²) in [5.74, 6) is 1.68. The Labute approximate surface area is 197 Å². The Bertz CT molecular complexity index is 633. The van der Waals surface area contributed by atoms with Crippen molar-refractivity contribution in [2.45, 2.75) is 45.2 Å². The van der Waals surface area contributed by atoms with E-state index in [1.54, 1.807) is 11.3 Å². The van der Waals surface area contributed by atoms with Crippen LogP contribution in [0, 0.1) is 12.8 Å². The van der Waals surface area contributed by atoms with Gasteiger partial charge in [-0.1, -0.05) is 6.08 Å². The van der Waals surface area contributed by atoms with E-state index in [0.717, 1.165) is 57.7 Å². The fraction of sp³-hybridized carbons (Fsp3) is 0.714. The first-order chi connectivity index (χ1) is 13.7. The van der Waals surface area contributed by atoms with Crippen molar-refractivity contribution < 1.29 is 0 Å². The summed E-state index contributed by atoms with van der Waals surface area (Å²) >= 11 is 1.75. The summed E-state index contributed by atoms with van der Waals surface area (Å²) in [5.41, 5.74) is 1.22. The maximum atomic E-state index is 4.60. The second kappa shape index (κ2) is 12.9. The molecular formula is C21H37IN6S. The van der Waals surface area contributed by atoms with Gasteiger partial charge in [0, 0.05) is 51.2 Å². The zero-order chi connectivity index (χ0) is 19.8. The normalized spacial score (nSPS) is 20.3. The number of aryl methyl sites for hydroxylation is 1. The first kappa shape index (κ1) is 24.6. The highest BCUT2D eigenvalue weighted by Crippen LogP contribution is 2.19. The molecule has 0 atom stereocenters. The monoisotopic (exact) mass is 532 g/mol. The van der Waals surface area contributed by atoms with Crippen LogP contribution in [0.25, 0.3) is 0 Å². The van der Waals surface area contributed by atoms with E-state index in [-0.39, 0.29) is 24.0 Å². The molecule has 1 aromatic rings. The average molecular weight is 533 g/mol. The molecule has 2 aliphatic heterocycles. The lowest BCUT2D eigenvalue weighted by Crippen LogP contribution is -2.49. The van der Waals surface area contributed by atoms with E-state index in [0.29, 0.717) is 6.04 Å². The van der Waals surface area contributed by atoms with Crippen molar-refractivity contribution in [3.8, 4) is 0 Å². The lowest BCUT2D eigenvalue weighted by Gasteiger charge is -2.33. The highest BCUT2D eigenvalue weighted by Gasteiger charge is 2.22. The molecule has 0 amide bonds. The summed E-state index contributed by atoms with van der Waals surface area (Å²) < 4.78 is 0. The number of halogens is 1. The number of likely N-dealkylation sites (tertiary alicyclic amines) is 2. The van der Waals surface area contributed by atoms with Crippen molar-refractivity contribution in [3.63, 3.8) is 0 Å². The SMILES string of the molecule is C=CCN1CCC(NC(=NC)NCC2CCN(Cc3csc(C)n3)CC2)CC1.I. The van der Waals surface area contributed by atoms with E-state index >= 15 is 0 Å². The van der Waals surface area contributed by atoms with E-state index < -0.39 is 0 Å². The number of guanidine groups is 1. The van der Waals surface area contributed by atoms with Gasteiger partial charge in [-0.15, -0.1) is 41.9 Å². The highest BCUT2D eigenvalue weighted by molar-refractivity contribution is 14.0. The summed E-state index contributed by atoms with van der Waals surface area (Å²) in [4.78, 5) is 14.0. The van der Waals surface area contributed by atoms with Crippen molar-refractivity contribution in [2.24, 2.45) is 10.9 Å². The van der Waals surface area contributed by atoms with Gasteiger partial charge in [0.2, 0.25) is 0 Å². The standard InChI is InChI=1S/C21H36N6S.HI/c1-4-9-26-12-7-19(8-13-26)25-21(22-3)23-14-18-5-10-27(11-6-18)15-20-16-28-17(2)24-20;/h4,16,18-19H,1,5-15H2,2-3H3,(H2,22,23,25);1H. The predicted octanol–water partition coefficient (Wildman–Crippen LogP) is 3.10. The molecule has 1 aromatic heterocycles. The van der Waals surface area contributed by atoms with Crippen LogP contribution in [0.4, 0.5) is 0 Å². The number of hydrogen-bond donors (Lipinski definition) is 2. The lowest BCUT2D eigenvalue weighted by molar-refractivity contribution is 0.176. The number of hydrogen-bond acceptors (Lipinski definition) is 5. The van der Waals surface area contributed by atoms with E-state index in [1.807, 2.05) is 13.1 Å². The molecule has 0 spiro atoms. The first-order valence-electron chi connectivity index (χ1n) is 10.6. The Morgan fingerprint density at radius 2 is 1.93 bits per heavy atom. The second-order valence-electron chi connectivity index (χ2n) is 8.04. The highest BCUT2D eigenvalue weighted by atomic mass is 127. The molecule has 0 saturated carbocycles. The molecule has 0 aliphatic carbocycles. The molecule has 0 unspecified atom stereocenters. The molecule has 2 fully saturated rings. The Balaban J connectivity index is 0.00000300. The van der Waals surface area contributed by atoms with Crippen molar-refractivity contribution >= 4 is 41.3 Å². The van der Waals surface area contributed by atoms with Crippen LogP contribution in [0.3, 0.4) is 0 Å². The van der Waals surface area contributed by atoms with E-state index in [9.17, 15) is 0 Å². The fourth-order valence-electron chi connectivity index (χ4n) is 4.13. The number of nitrogens with one attached hydrogen (secondary N) is 2. The maximum absolute atomic E-state index is 4.60. The number of aromatic nitrogens is 1. The van der Waals surface area contributed by atoms with Gasteiger partial charge < -0.3 is 10.6 Å². The summed E-state index contributed by atoms with van der Waals surface area (Å²) in [6, 6.07) is 0.524. The Morgan fingerprint density at radius 1 is 1.24 bits per heavy atom. The van der Waals surface area contributed by atoms with Crippen LogP contribution in [-0.2, 0) is 6.54 Å². The van der Waals surface area contributed by atoms with Gasteiger partial charge in [-0.2, -0.15) is 0 Å². The third-order valence-electron chi connectivity index (χ3n) is 5.86. The number of thiazole rings is 1. The summed E-state index contributed by atoms with van der Waals surface area (Å²) in [7, 11) is 1.88. The topological polar surface area (TPSA) is 55.8 Å². The van der Waals surface area contributed by atoms with Gasteiger partial charge in [0.25, 0.3) is 0 Å². The minimum atomic E-state index is 0. The molecule has 2 saturated heterocycles. The number of nitrogens with zero attached hydrogens (tertiary/aromatic N) is 4. The zero-order valence-electron chi connectivity index (χ0n) is 17.9. The van der Waals surface area contributed by atoms with E-state index in [4.69, 9.17) is 0 Å². The Hall–Kier alpha value is -0.710. The minimum absolute atomic E-state index is 0. The molecule has 0 radical (unpaired) electrons. The van der Waals surface area contributed by atoms with Gasteiger partial charge >= 0.3 is 0 Å². The van der Waals surface area contributed by atoms with Crippen LogP contribution < -0.4 is 10.6 Å². The van der Waals surface area contributed by atoms with Crippen LogP contribution in [0.1, 0.15) is 36.4 Å². The minimum Gasteiger partial charge on any atom is -0.356 e. The van der Waals surface area contributed by atoms with Gasteiger partial charge in [0.05, 0.1) is 10.7 Å². The maximum Gasteiger partial charge on any atom is 0.191 e. The summed E-state index contributed by atoms with van der Waals surface area (Å²) in [5, 5.41) is 10.6. The largest absolute Gasteiger partial charge is 0.356 e. The zero-order valence-corrected chi connectivity index (χ0v) is 21.0. The number of piperidine rings is 2. The quantitative estimate of drug-likeness (QED) is 0.245. The van der Waals surface area contributed by atoms with Crippen LogP contribution in [0.2, 0.25) is 0 Å². The first-order valence-corrected chi connectivity index (χ1v) is 11.5. The van der Waals surface area contributed by atoms with Crippen LogP contribution in [-0.4, -0.2) is 73.1 Å². The number of rotatable bonds is 7. The van der Waals surface area contributed by atoms with Crippen molar-refractivity contribution in [1.82, 2.24) is 25.4 Å². The fourth-order valence-corrected chi connectivity index (χ4v) is 4.73. The second-order valence-corrected chi connectivity index (χ2v) is 9.10. The molecule has 0 aromatic carbocycles. The predicted molar refractivity (Wildman–Crippen MR) is 134 cm³/mol. The molecule has 0 bridgehead atoms. The average Bonchev–Trinajstić information content (AvgIpc) is 3.12. The van der Waals surface area contributed by atoms with Gasteiger partial charge in [-0.25, -0.2) is 4.98 Å². The summed E-state index contributed by atoms with van der Waals surface area (Å²) in [6.45, 7) is 13.5. The van der Waals surface area contributed by atoms with Crippen molar-refractivity contribution in [3.05, 3.63) is 28.7 Å². The van der Waals surface area contributed by atoms with Crippen LogP contribution >= 0.6 is 35.3 Å². The molecule has 164 valence electrons. The lowest BCUT2D eigenvalue weighted by atomic mass is 9.97. The van der Waals surface area contributed by atoms with Gasteiger partial charge in [0.15, 0.2) is 5.96 Å². The molecule has 2 aliphatic rings. The smallest absolute Gasteiger partial charge is 0.191 e. The Morgan fingerprint density at radius 3 is 2.52 bits per heavy atom. The molecule has 3 heterocycles. The molecule has 29 heavy (non-hydrogen) atoms.